The molecule has 5 heteroatoms. The van der Waals surface area contributed by atoms with Crippen LogP contribution in [0.3, 0.4) is 0 Å². The van der Waals surface area contributed by atoms with E-state index in [0.717, 1.165) is 31.5 Å². The molecule has 1 aliphatic heterocycles. The average molecular weight is 279 g/mol. The SMILES string of the molecule is CC(=O)NC1CCN(c2c(F)cccc2[C@H](C)N)CC1. The number of rotatable bonds is 3. The van der Waals surface area contributed by atoms with Crippen molar-refractivity contribution in [2.45, 2.75) is 38.8 Å². The number of hydrogen-bond donors (Lipinski definition) is 2. The van der Waals surface area contributed by atoms with Crippen LogP contribution in [0.5, 0.6) is 0 Å². The van der Waals surface area contributed by atoms with Crippen LogP contribution < -0.4 is 16.0 Å². The van der Waals surface area contributed by atoms with Crippen molar-refractivity contribution in [1.82, 2.24) is 5.32 Å². The number of nitrogens with zero attached hydrogens (tertiary/aromatic N) is 1. The summed E-state index contributed by atoms with van der Waals surface area (Å²) in [4.78, 5) is 13.1. The van der Waals surface area contributed by atoms with Crippen molar-refractivity contribution in [2.24, 2.45) is 5.73 Å². The molecule has 1 fully saturated rings. The first-order valence-electron chi connectivity index (χ1n) is 7.05. The largest absolute Gasteiger partial charge is 0.369 e. The van der Waals surface area contributed by atoms with E-state index in [0.29, 0.717) is 5.69 Å². The van der Waals surface area contributed by atoms with E-state index >= 15 is 0 Å². The molecule has 1 heterocycles. The summed E-state index contributed by atoms with van der Waals surface area (Å²) < 4.78 is 14.1. The summed E-state index contributed by atoms with van der Waals surface area (Å²) in [5, 5.41) is 2.92. The Balaban J connectivity index is 2.12. The monoisotopic (exact) mass is 279 g/mol. The third-order valence-electron chi connectivity index (χ3n) is 3.73. The number of amides is 1. The van der Waals surface area contributed by atoms with Crippen LogP contribution in [0.15, 0.2) is 18.2 Å². The van der Waals surface area contributed by atoms with Gasteiger partial charge in [-0.3, -0.25) is 4.79 Å². The molecular formula is C15H22FN3O. The number of nitrogens with one attached hydrogen (secondary N) is 1. The van der Waals surface area contributed by atoms with Crippen LogP contribution in [0.2, 0.25) is 0 Å². The molecule has 1 aliphatic rings. The molecule has 0 aliphatic carbocycles. The van der Waals surface area contributed by atoms with E-state index in [1.54, 1.807) is 6.07 Å². The number of para-hydroxylation sites is 1. The summed E-state index contributed by atoms with van der Waals surface area (Å²) in [6.45, 7) is 4.84. The predicted octanol–water partition coefficient (Wildman–Crippen LogP) is 1.95. The minimum Gasteiger partial charge on any atom is -0.369 e. The smallest absolute Gasteiger partial charge is 0.217 e. The first-order valence-corrected chi connectivity index (χ1v) is 7.05. The highest BCUT2D eigenvalue weighted by molar-refractivity contribution is 5.73. The Morgan fingerprint density at radius 1 is 1.45 bits per heavy atom. The molecule has 20 heavy (non-hydrogen) atoms. The van der Waals surface area contributed by atoms with Gasteiger partial charge in [-0.25, -0.2) is 4.39 Å². The van der Waals surface area contributed by atoms with Gasteiger partial charge in [-0.05, 0) is 31.4 Å². The van der Waals surface area contributed by atoms with Gasteiger partial charge in [0.2, 0.25) is 5.91 Å². The van der Waals surface area contributed by atoms with Crippen LogP contribution in [-0.2, 0) is 4.79 Å². The number of anilines is 1. The summed E-state index contributed by atoms with van der Waals surface area (Å²) in [6, 6.07) is 5.04. The number of piperidine rings is 1. The summed E-state index contributed by atoms with van der Waals surface area (Å²) >= 11 is 0. The summed E-state index contributed by atoms with van der Waals surface area (Å²) in [7, 11) is 0. The van der Waals surface area contributed by atoms with E-state index in [1.807, 2.05) is 17.9 Å². The maximum atomic E-state index is 14.1. The fraction of sp³-hybridized carbons (Fsp3) is 0.533. The fourth-order valence-electron chi connectivity index (χ4n) is 2.77. The molecule has 4 nitrogen and oxygen atoms in total. The van der Waals surface area contributed by atoms with Crippen molar-refractivity contribution in [3.05, 3.63) is 29.6 Å². The van der Waals surface area contributed by atoms with Gasteiger partial charge in [-0.15, -0.1) is 0 Å². The standard InChI is InChI=1S/C15H22FN3O/c1-10(17)13-4-3-5-14(16)15(13)19-8-6-12(7-9-19)18-11(2)20/h3-5,10,12H,6-9,17H2,1-2H3,(H,18,20)/t10-/m0/s1. The molecule has 1 saturated heterocycles. The number of hydrogen-bond acceptors (Lipinski definition) is 3. The lowest BCUT2D eigenvalue weighted by Crippen LogP contribution is -2.44. The normalized spacial score (nSPS) is 17.9. The Morgan fingerprint density at radius 2 is 2.10 bits per heavy atom. The maximum absolute atomic E-state index is 14.1. The summed E-state index contributed by atoms with van der Waals surface area (Å²) in [6.07, 6.45) is 1.65. The molecule has 0 aromatic heterocycles. The van der Waals surface area contributed by atoms with E-state index in [2.05, 4.69) is 5.32 Å². The van der Waals surface area contributed by atoms with Crippen molar-refractivity contribution in [2.75, 3.05) is 18.0 Å². The topological polar surface area (TPSA) is 58.4 Å². The van der Waals surface area contributed by atoms with Gasteiger partial charge >= 0.3 is 0 Å². The molecule has 0 spiro atoms. The molecule has 1 amide bonds. The number of carbonyl (C=O) groups excluding carboxylic acids is 1. The zero-order chi connectivity index (χ0) is 14.7. The first kappa shape index (κ1) is 14.8. The van der Waals surface area contributed by atoms with Crippen LogP contribution >= 0.6 is 0 Å². The van der Waals surface area contributed by atoms with Crippen molar-refractivity contribution < 1.29 is 9.18 Å². The molecule has 1 aromatic rings. The van der Waals surface area contributed by atoms with E-state index in [1.165, 1.54) is 13.0 Å². The highest BCUT2D eigenvalue weighted by Gasteiger charge is 2.24. The first-order chi connectivity index (χ1) is 9.49. The quantitative estimate of drug-likeness (QED) is 0.889. The van der Waals surface area contributed by atoms with E-state index in [4.69, 9.17) is 5.73 Å². The average Bonchev–Trinajstić information content (AvgIpc) is 2.39. The van der Waals surface area contributed by atoms with Gasteiger partial charge in [0.1, 0.15) is 5.82 Å². The predicted molar refractivity (Wildman–Crippen MR) is 78.1 cm³/mol. The Bertz CT molecular complexity index is 482. The van der Waals surface area contributed by atoms with Gasteiger partial charge in [-0.2, -0.15) is 0 Å². The van der Waals surface area contributed by atoms with Crippen molar-refractivity contribution in [1.29, 1.82) is 0 Å². The van der Waals surface area contributed by atoms with Gasteiger partial charge in [-0.1, -0.05) is 12.1 Å². The molecule has 2 rings (SSSR count). The lowest BCUT2D eigenvalue weighted by Gasteiger charge is -2.35. The highest BCUT2D eigenvalue weighted by Crippen LogP contribution is 2.30. The third kappa shape index (κ3) is 3.28. The second kappa shape index (κ2) is 6.22. The molecule has 1 aromatic carbocycles. The molecular weight excluding hydrogens is 257 g/mol. The summed E-state index contributed by atoms with van der Waals surface area (Å²) in [5.74, 6) is -0.233. The second-order valence-electron chi connectivity index (χ2n) is 5.43. The third-order valence-corrected chi connectivity index (χ3v) is 3.73. The van der Waals surface area contributed by atoms with Crippen LogP contribution in [-0.4, -0.2) is 25.0 Å². The van der Waals surface area contributed by atoms with Gasteiger partial charge < -0.3 is 16.0 Å². The number of benzene rings is 1. The summed E-state index contributed by atoms with van der Waals surface area (Å²) in [5.41, 5.74) is 7.38. The minimum atomic E-state index is -0.224. The molecule has 0 saturated carbocycles. The zero-order valence-corrected chi connectivity index (χ0v) is 12.0. The molecule has 1 atom stereocenters. The van der Waals surface area contributed by atoms with Gasteiger partial charge in [0.25, 0.3) is 0 Å². The molecule has 110 valence electrons. The molecule has 0 bridgehead atoms. The lowest BCUT2D eigenvalue weighted by atomic mass is 10.0. The second-order valence-corrected chi connectivity index (χ2v) is 5.43. The van der Waals surface area contributed by atoms with Crippen LogP contribution in [0.4, 0.5) is 10.1 Å². The van der Waals surface area contributed by atoms with Gasteiger partial charge in [0.05, 0.1) is 5.69 Å². The van der Waals surface area contributed by atoms with Crippen LogP contribution in [0.25, 0.3) is 0 Å². The zero-order valence-electron chi connectivity index (χ0n) is 12.0. The molecule has 0 radical (unpaired) electrons. The number of halogens is 1. The van der Waals surface area contributed by atoms with Gasteiger partial charge in [0, 0.05) is 32.1 Å². The Labute approximate surface area is 119 Å². The van der Waals surface area contributed by atoms with E-state index in [9.17, 15) is 9.18 Å². The fourth-order valence-corrected chi connectivity index (χ4v) is 2.77. The van der Waals surface area contributed by atoms with Crippen molar-refractivity contribution in [3.8, 4) is 0 Å². The number of nitrogens with two attached hydrogens (primary N) is 1. The maximum Gasteiger partial charge on any atom is 0.217 e. The number of carbonyl (C=O) groups is 1. The lowest BCUT2D eigenvalue weighted by molar-refractivity contribution is -0.119. The molecule has 0 unspecified atom stereocenters. The van der Waals surface area contributed by atoms with E-state index in [-0.39, 0.29) is 23.8 Å². The Morgan fingerprint density at radius 3 is 2.65 bits per heavy atom. The minimum absolute atomic E-state index is 0.00869. The van der Waals surface area contributed by atoms with Crippen molar-refractivity contribution >= 4 is 11.6 Å². The van der Waals surface area contributed by atoms with Crippen LogP contribution in [0, 0.1) is 5.82 Å². The van der Waals surface area contributed by atoms with Crippen LogP contribution in [0.1, 0.15) is 38.3 Å². The molecule has 3 N–H and O–H groups in total. The van der Waals surface area contributed by atoms with E-state index < -0.39 is 0 Å². The van der Waals surface area contributed by atoms with Gasteiger partial charge in [0.15, 0.2) is 0 Å². The Kier molecular flexibility index (Phi) is 4.60. The Hall–Kier alpha value is -1.62. The highest BCUT2D eigenvalue weighted by atomic mass is 19.1. The van der Waals surface area contributed by atoms with Crippen molar-refractivity contribution in [3.63, 3.8) is 0 Å².